The van der Waals surface area contributed by atoms with Gasteiger partial charge >= 0.3 is 0 Å². The van der Waals surface area contributed by atoms with Gasteiger partial charge in [0.1, 0.15) is 5.69 Å². The Morgan fingerprint density at radius 3 is 2.87 bits per heavy atom. The lowest BCUT2D eigenvalue weighted by molar-refractivity contribution is 0.517. The fraction of sp³-hybridized carbons (Fsp3) is 0.364. The predicted molar refractivity (Wildman–Crippen MR) is 56.3 cm³/mol. The molecule has 2 aromatic rings. The number of aryl methyl sites for hydroxylation is 1. The second-order valence-corrected chi connectivity index (χ2v) is 3.34. The minimum absolute atomic E-state index is 0.697. The van der Waals surface area contributed by atoms with Crippen LogP contribution in [0.25, 0.3) is 11.5 Å². The van der Waals surface area contributed by atoms with Crippen LogP contribution in [0.5, 0.6) is 0 Å². The van der Waals surface area contributed by atoms with Gasteiger partial charge < -0.3 is 14.2 Å². The van der Waals surface area contributed by atoms with Gasteiger partial charge in [-0.25, -0.2) is 4.98 Å². The van der Waals surface area contributed by atoms with Crippen LogP contribution in [-0.2, 0) is 6.54 Å². The van der Waals surface area contributed by atoms with E-state index in [4.69, 9.17) is 8.83 Å². The number of furan rings is 1. The number of nitrogens with zero attached hydrogens (tertiary/aromatic N) is 1. The van der Waals surface area contributed by atoms with Crippen molar-refractivity contribution in [3.8, 4) is 11.5 Å². The van der Waals surface area contributed by atoms with Crippen LogP contribution in [0.15, 0.2) is 27.6 Å². The highest BCUT2D eigenvalue weighted by atomic mass is 16.4. The van der Waals surface area contributed by atoms with E-state index in [2.05, 4.69) is 17.2 Å². The monoisotopic (exact) mass is 206 g/mol. The lowest BCUT2D eigenvalue weighted by Crippen LogP contribution is -2.12. The van der Waals surface area contributed by atoms with Crippen LogP contribution in [0, 0.1) is 6.92 Å². The fourth-order valence-corrected chi connectivity index (χ4v) is 1.43. The maximum absolute atomic E-state index is 5.37. The topological polar surface area (TPSA) is 51.2 Å². The first-order valence-electron chi connectivity index (χ1n) is 5.00. The van der Waals surface area contributed by atoms with Crippen molar-refractivity contribution in [2.75, 3.05) is 6.54 Å². The molecule has 80 valence electrons. The molecule has 0 amide bonds. The van der Waals surface area contributed by atoms with Crippen molar-refractivity contribution in [2.45, 2.75) is 20.4 Å². The molecule has 0 saturated carbocycles. The van der Waals surface area contributed by atoms with E-state index >= 15 is 0 Å². The second kappa shape index (κ2) is 4.31. The fourth-order valence-electron chi connectivity index (χ4n) is 1.43. The maximum Gasteiger partial charge on any atom is 0.194 e. The highest BCUT2D eigenvalue weighted by molar-refractivity contribution is 5.56. The Bertz CT molecular complexity index is 431. The number of rotatable bonds is 4. The first-order valence-corrected chi connectivity index (χ1v) is 5.00. The van der Waals surface area contributed by atoms with E-state index in [1.807, 2.05) is 13.0 Å². The number of oxazole rings is 1. The molecule has 0 aliphatic carbocycles. The first-order chi connectivity index (χ1) is 7.33. The van der Waals surface area contributed by atoms with Crippen LogP contribution < -0.4 is 5.32 Å². The van der Waals surface area contributed by atoms with Crippen LogP contribution in [-0.4, -0.2) is 11.5 Å². The summed E-state index contributed by atoms with van der Waals surface area (Å²) in [6.45, 7) is 5.64. The van der Waals surface area contributed by atoms with E-state index in [0.29, 0.717) is 6.54 Å². The molecule has 0 spiro atoms. The minimum Gasteiger partial charge on any atom is -0.461 e. The van der Waals surface area contributed by atoms with Crippen molar-refractivity contribution in [3.63, 3.8) is 0 Å². The van der Waals surface area contributed by atoms with E-state index in [-0.39, 0.29) is 0 Å². The third-order valence-electron chi connectivity index (χ3n) is 2.25. The SMILES string of the molecule is CCNCc1ncoc1-c1occc1C. The average molecular weight is 206 g/mol. The zero-order valence-corrected chi connectivity index (χ0v) is 8.91. The summed E-state index contributed by atoms with van der Waals surface area (Å²) in [6.07, 6.45) is 3.11. The lowest BCUT2D eigenvalue weighted by Gasteiger charge is -1.99. The van der Waals surface area contributed by atoms with E-state index in [9.17, 15) is 0 Å². The Hall–Kier alpha value is -1.55. The smallest absolute Gasteiger partial charge is 0.194 e. The number of hydrogen-bond acceptors (Lipinski definition) is 4. The molecule has 0 radical (unpaired) electrons. The van der Waals surface area contributed by atoms with Crippen molar-refractivity contribution in [1.82, 2.24) is 10.3 Å². The van der Waals surface area contributed by atoms with Gasteiger partial charge in [0.25, 0.3) is 0 Å². The summed E-state index contributed by atoms with van der Waals surface area (Å²) in [5.41, 5.74) is 1.94. The normalized spacial score (nSPS) is 10.8. The Morgan fingerprint density at radius 2 is 2.20 bits per heavy atom. The number of aromatic nitrogens is 1. The Kier molecular flexibility index (Phi) is 2.87. The highest BCUT2D eigenvalue weighted by Crippen LogP contribution is 2.26. The molecule has 0 saturated heterocycles. The lowest BCUT2D eigenvalue weighted by atomic mass is 10.2. The van der Waals surface area contributed by atoms with Crippen LogP contribution in [0.3, 0.4) is 0 Å². The molecule has 15 heavy (non-hydrogen) atoms. The summed E-state index contributed by atoms with van der Waals surface area (Å²) < 4.78 is 10.7. The first kappa shape index (κ1) is 9.98. The molecule has 0 fully saturated rings. The highest BCUT2D eigenvalue weighted by Gasteiger charge is 2.15. The molecule has 0 aliphatic heterocycles. The molecular weight excluding hydrogens is 192 g/mol. The molecule has 2 aromatic heterocycles. The Balaban J connectivity index is 2.29. The van der Waals surface area contributed by atoms with Gasteiger partial charge in [-0.1, -0.05) is 6.92 Å². The van der Waals surface area contributed by atoms with Crippen LogP contribution in [0.4, 0.5) is 0 Å². The van der Waals surface area contributed by atoms with Crippen LogP contribution in [0.1, 0.15) is 18.2 Å². The molecule has 0 bridgehead atoms. The van der Waals surface area contributed by atoms with Crippen molar-refractivity contribution in [2.24, 2.45) is 0 Å². The Labute approximate surface area is 88.3 Å². The van der Waals surface area contributed by atoms with Gasteiger partial charge in [-0.05, 0) is 25.1 Å². The summed E-state index contributed by atoms with van der Waals surface area (Å²) in [5.74, 6) is 1.49. The van der Waals surface area contributed by atoms with Crippen molar-refractivity contribution in [1.29, 1.82) is 0 Å². The van der Waals surface area contributed by atoms with Gasteiger partial charge in [-0.3, -0.25) is 0 Å². The van der Waals surface area contributed by atoms with E-state index in [1.54, 1.807) is 6.26 Å². The van der Waals surface area contributed by atoms with Crippen molar-refractivity contribution >= 4 is 0 Å². The van der Waals surface area contributed by atoms with E-state index in [0.717, 1.165) is 29.3 Å². The average Bonchev–Trinajstić information content (AvgIpc) is 2.82. The van der Waals surface area contributed by atoms with Crippen molar-refractivity contribution in [3.05, 3.63) is 30.0 Å². The molecule has 0 aromatic carbocycles. The van der Waals surface area contributed by atoms with E-state index < -0.39 is 0 Å². The van der Waals surface area contributed by atoms with Gasteiger partial charge in [0.15, 0.2) is 17.9 Å². The zero-order valence-electron chi connectivity index (χ0n) is 8.91. The van der Waals surface area contributed by atoms with Gasteiger partial charge in [0.2, 0.25) is 0 Å². The molecule has 0 unspecified atom stereocenters. The molecular formula is C11H14N2O2. The molecule has 2 heterocycles. The summed E-state index contributed by atoms with van der Waals surface area (Å²) in [5, 5.41) is 3.21. The minimum atomic E-state index is 0.697. The summed E-state index contributed by atoms with van der Waals surface area (Å²) in [6, 6.07) is 1.91. The predicted octanol–water partition coefficient (Wildman–Crippen LogP) is 2.35. The van der Waals surface area contributed by atoms with Gasteiger partial charge in [-0.2, -0.15) is 0 Å². The molecule has 2 rings (SSSR count). The second-order valence-electron chi connectivity index (χ2n) is 3.34. The number of hydrogen-bond donors (Lipinski definition) is 1. The molecule has 4 heteroatoms. The molecule has 0 atom stereocenters. The van der Waals surface area contributed by atoms with Crippen LogP contribution >= 0.6 is 0 Å². The third-order valence-corrected chi connectivity index (χ3v) is 2.25. The molecule has 4 nitrogen and oxygen atoms in total. The largest absolute Gasteiger partial charge is 0.461 e. The third kappa shape index (κ3) is 1.94. The van der Waals surface area contributed by atoms with Gasteiger partial charge in [0.05, 0.1) is 6.26 Å². The zero-order chi connectivity index (χ0) is 10.7. The standard InChI is InChI=1S/C11H14N2O2/c1-3-12-6-9-11(15-7-13-9)10-8(2)4-5-14-10/h4-5,7,12H,3,6H2,1-2H3. The summed E-state index contributed by atoms with van der Waals surface area (Å²) >= 11 is 0. The number of nitrogens with one attached hydrogen (secondary N) is 1. The molecule has 0 aliphatic rings. The van der Waals surface area contributed by atoms with Crippen LogP contribution in [0.2, 0.25) is 0 Å². The van der Waals surface area contributed by atoms with E-state index in [1.165, 1.54) is 6.39 Å². The summed E-state index contributed by atoms with van der Waals surface area (Å²) in [7, 11) is 0. The summed E-state index contributed by atoms with van der Waals surface area (Å²) in [4.78, 5) is 4.16. The van der Waals surface area contributed by atoms with Gasteiger partial charge in [0, 0.05) is 6.54 Å². The quantitative estimate of drug-likeness (QED) is 0.834. The Morgan fingerprint density at radius 1 is 1.33 bits per heavy atom. The van der Waals surface area contributed by atoms with Gasteiger partial charge in [-0.15, -0.1) is 0 Å². The maximum atomic E-state index is 5.37. The van der Waals surface area contributed by atoms with Crippen molar-refractivity contribution < 1.29 is 8.83 Å². The molecule has 1 N–H and O–H groups in total.